The molecule has 0 spiro atoms. The maximum Gasteiger partial charge on any atom is 0.283 e. The molecule has 2 aliphatic heterocycles. The highest BCUT2D eigenvalue weighted by Crippen LogP contribution is 2.48. The van der Waals surface area contributed by atoms with E-state index in [4.69, 9.17) is 14.5 Å². The fourth-order valence-corrected chi connectivity index (χ4v) is 6.06. The standard InChI is InChI=1S/C26H33N7O5S/c1-25(2)16-18-17-32(25)23-19(24(34)30-39(35,36)22-7-11-31(29-22)13-15-37-18)4-5-20(27-23)33-12-6-21(28-33)38-14-10-26(3)8-9-26/h4-7,11-12,18H,8-10,13-17H2,1-3H3,(H,30,34). The van der Waals surface area contributed by atoms with Crippen molar-refractivity contribution in [3.63, 3.8) is 0 Å². The summed E-state index contributed by atoms with van der Waals surface area (Å²) in [7, 11) is -4.19. The Morgan fingerprint density at radius 2 is 1.95 bits per heavy atom. The molecule has 0 aromatic carbocycles. The van der Waals surface area contributed by atoms with Crippen LogP contribution in [-0.4, -0.2) is 70.3 Å². The molecule has 0 radical (unpaired) electrons. The molecule has 1 aliphatic carbocycles. The van der Waals surface area contributed by atoms with Crippen molar-refractivity contribution in [2.75, 3.05) is 24.7 Å². The average molecular weight is 556 g/mol. The Morgan fingerprint density at radius 3 is 2.74 bits per heavy atom. The molecule has 1 saturated heterocycles. The number of pyridine rings is 1. The Kier molecular flexibility index (Phi) is 6.18. The third-order valence-electron chi connectivity index (χ3n) is 7.86. The van der Waals surface area contributed by atoms with Gasteiger partial charge in [0.25, 0.3) is 15.9 Å². The second-order valence-corrected chi connectivity index (χ2v) is 13.1. The first-order valence-corrected chi connectivity index (χ1v) is 14.7. The summed E-state index contributed by atoms with van der Waals surface area (Å²) in [5, 5.41) is 8.40. The number of nitrogens with zero attached hydrogens (tertiary/aromatic N) is 6. The molecule has 3 aromatic heterocycles. The van der Waals surface area contributed by atoms with E-state index in [-0.39, 0.29) is 16.7 Å². The smallest absolute Gasteiger partial charge is 0.283 e. The van der Waals surface area contributed by atoms with Crippen LogP contribution in [0.2, 0.25) is 0 Å². The van der Waals surface area contributed by atoms with Crippen molar-refractivity contribution in [3.05, 3.63) is 42.2 Å². The molecule has 208 valence electrons. The normalized spacial score (nSPS) is 23.0. The van der Waals surface area contributed by atoms with Crippen molar-refractivity contribution in [1.29, 1.82) is 0 Å². The molecular formula is C26H33N7O5S. The highest BCUT2D eigenvalue weighted by atomic mass is 32.2. The van der Waals surface area contributed by atoms with E-state index in [2.05, 4.69) is 35.7 Å². The molecule has 6 rings (SSSR count). The van der Waals surface area contributed by atoms with E-state index < -0.39 is 21.5 Å². The van der Waals surface area contributed by atoms with Crippen molar-refractivity contribution in [2.24, 2.45) is 5.41 Å². The molecule has 1 N–H and O–H groups in total. The molecule has 5 heterocycles. The lowest BCUT2D eigenvalue weighted by Gasteiger charge is -2.33. The molecule has 1 saturated carbocycles. The van der Waals surface area contributed by atoms with E-state index in [1.807, 2.05) is 4.90 Å². The topological polar surface area (TPSA) is 133 Å². The number of hydrogen-bond acceptors (Lipinski definition) is 9. The first kappa shape index (κ1) is 25.8. The summed E-state index contributed by atoms with van der Waals surface area (Å²) < 4.78 is 43.2. The number of amides is 1. The molecule has 1 atom stereocenters. The summed E-state index contributed by atoms with van der Waals surface area (Å²) in [6.45, 7) is 8.23. The van der Waals surface area contributed by atoms with Gasteiger partial charge in [0.05, 0.1) is 31.4 Å². The molecule has 13 heteroatoms. The molecular weight excluding hydrogens is 522 g/mol. The van der Waals surface area contributed by atoms with Gasteiger partial charge in [0.2, 0.25) is 5.88 Å². The molecule has 12 nitrogen and oxygen atoms in total. The summed E-state index contributed by atoms with van der Waals surface area (Å²) in [4.78, 5) is 20.2. The number of hydrogen-bond donors (Lipinski definition) is 1. The lowest BCUT2D eigenvalue weighted by atomic mass is 10.0. The molecule has 1 amide bonds. The van der Waals surface area contributed by atoms with Crippen molar-refractivity contribution in [3.8, 4) is 11.7 Å². The second-order valence-electron chi connectivity index (χ2n) is 11.5. The zero-order valence-electron chi connectivity index (χ0n) is 22.3. The van der Waals surface area contributed by atoms with Gasteiger partial charge in [0, 0.05) is 30.5 Å². The van der Waals surface area contributed by atoms with E-state index in [0.29, 0.717) is 55.7 Å². The number of nitrogens with one attached hydrogen (secondary N) is 1. The number of ether oxygens (including phenoxy) is 2. The third kappa shape index (κ3) is 5.24. The monoisotopic (exact) mass is 555 g/mol. The van der Waals surface area contributed by atoms with Crippen LogP contribution in [0.5, 0.6) is 5.88 Å². The fourth-order valence-electron chi connectivity index (χ4n) is 5.15. The lowest BCUT2D eigenvalue weighted by molar-refractivity contribution is 0.0561. The van der Waals surface area contributed by atoms with E-state index in [9.17, 15) is 13.2 Å². The summed E-state index contributed by atoms with van der Waals surface area (Å²) in [6, 6.07) is 6.36. The lowest BCUT2D eigenvalue weighted by Crippen LogP contribution is -2.41. The summed E-state index contributed by atoms with van der Waals surface area (Å²) >= 11 is 0. The SMILES string of the molecule is CC1(CCOc2ccn(-c3ccc4c(n3)N3CC(CC3(C)C)OCCn3ccc(n3)S(=O)(=O)NC4=O)n2)CC1. The van der Waals surface area contributed by atoms with Gasteiger partial charge in [0.1, 0.15) is 5.82 Å². The van der Waals surface area contributed by atoms with Crippen LogP contribution in [0.25, 0.3) is 5.82 Å². The minimum absolute atomic E-state index is 0.0962. The van der Waals surface area contributed by atoms with E-state index in [0.717, 1.165) is 6.42 Å². The Balaban J connectivity index is 1.34. The minimum Gasteiger partial charge on any atom is -0.477 e. The van der Waals surface area contributed by atoms with Crippen LogP contribution < -0.4 is 14.4 Å². The van der Waals surface area contributed by atoms with Gasteiger partial charge in [-0.2, -0.15) is 13.5 Å². The van der Waals surface area contributed by atoms with Crippen LogP contribution in [0.4, 0.5) is 5.82 Å². The van der Waals surface area contributed by atoms with Gasteiger partial charge in [-0.05, 0) is 63.1 Å². The number of fused-ring (bicyclic) bond motifs is 6. The average Bonchev–Trinajstić information content (AvgIpc) is 3.24. The van der Waals surface area contributed by atoms with Gasteiger partial charge >= 0.3 is 0 Å². The molecule has 4 bridgehead atoms. The molecule has 3 aromatic rings. The van der Waals surface area contributed by atoms with Gasteiger partial charge in [-0.3, -0.25) is 9.48 Å². The highest BCUT2D eigenvalue weighted by Gasteiger charge is 2.42. The maximum absolute atomic E-state index is 13.4. The second kappa shape index (κ2) is 9.33. The van der Waals surface area contributed by atoms with Crippen molar-refractivity contribution < 1.29 is 22.7 Å². The molecule has 2 fully saturated rings. The summed E-state index contributed by atoms with van der Waals surface area (Å²) in [5.74, 6) is 0.556. The Morgan fingerprint density at radius 1 is 1.13 bits per heavy atom. The van der Waals surface area contributed by atoms with Crippen LogP contribution >= 0.6 is 0 Å². The summed E-state index contributed by atoms with van der Waals surface area (Å²) in [5.41, 5.74) is 0.125. The minimum atomic E-state index is -4.19. The highest BCUT2D eigenvalue weighted by molar-refractivity contribution is 7.90. The summed E-state index contributed by atoms with van der Waals surface area (Å²) in [6.07, 6.45) is 7.39. The van der Waals surface area contributed by atoms with Gasteiger partial charge in [-0.15, -0.1) is 5.10 Å². The number of aromatic nitrogens is 5. The third-order valence-corrected chi connectivity index (χ3v) is 9.08. The number of carbonyl (C=O) groups is 1. The number of anilines is 1. The largest absolute Gasteiger partial charge is 0.477 e. The first-order valence-electron chi connectivity index (χ1n) is 13.2. The predicted molar refractivity (Wildman–Crippen MR) is 141 cm³/mol. The van der Waals surface area contributed by atoms with Crippen LogP contribution in [0.15, 0.2) is 41.7 Å². The number of rotatable bonds is 5. The Hall–Kier alpha value is -3.45. The van der Waals surface area contributed by atoms with Crippen LogP contribution in [0.3, 0.4) is 0 Å². The number of carbonyl (C=O) groups excluding carboxylic acids is 1. The Bertz CT molecular complexity index is 1510. The van der Waals surface area contributed by atoms with Gasteiger partial charge in [0.15, 0.2) is 10.8 Å². The van der Waals surface area contributed by atoms with Crippen molar-refractivity contribution in [2.45, 2.75) is 69.7 Å². The van der Waals surface area contributed by atoms with E-state index in [1.165, 1.54) is 23.6 Å². The molecule has 3 aliphatic rings. The van der Waals surface area contributed by atoms with Gasteiger partial charge < -0.3 is 14.4 Å². The molecule has 39 heavy (non-hydrogen) atoms. The predicted octanol–water partition coefficient (Wildman–Crippen LogP) is 2.54. The quantitative estimate of drug-likeness (QED) is 0.504. The van der Waals surface area contributed by atoms with E-state index >= 15 is 0 Å². The van der Waals surface area contributed by atoms with Crippen molar-refractivity contribution in [1.82, 2.24) is 29.3 Å². The van der Waals surface area contributed by atoms with Crippen LogP contribution in [-0.2, 0) is 21.3 Å². The van der Waals surface area contributed by atoms with Gasteiger partial charge in [-0.25, -0.2) is 14.4 Å². The zero-order valence-corrected chi connectivity index (χ0v) is 23.1. The number of sulfonamides is 1. The van der Waals surface area contributed by atoms with Gasteiger partial charge in [-0.1, -0.05) is 6.92 Å². The molecule has 1 unspecified atom stereocenters. The Labute approximate surface area is 227 Å². The van der Waals surface area contributed by atoms with Crippen molar-refractivity contribution >= 4 is 21.7 Å². The van der Waals surface area contributed by atoms with Crippen LogP contribution in [0.1, 0.15) is 56.8 Å². The van der Waals surface area contributed by atoms with Crippen LogP contribution in [0, 0.1) is 5.41 Å². The van der Waals surface area contributed by atoms with E-state index in [1.54, 1.807) is 35.3 Å². The first-order chi connectivity index (χ1) is 18.5. The fraction of sp³-hybridized carbons (Fsp3) is 0.538. The zero-order chi connectivity index (χ0) is 27.4. The maximum atomic E-state index is 13.4.